The third-order valence-corrected chi connectivity index (χ3v) is 4.65. The van der Waals surface area contributed by atoms with Crippen LogP contribution in [-0.2, 0) is 0 Å². The third kappa shape index (κ3) is 2.42. The number of hydrogen-bond donors (Lipinski definition) is 0. The Kier molecular flexibility index (Phi) is 3.42. The minimum atomic E-state index is 0.650. The Morgan fingerprint density at radius 1 is 0.846 bits per heavy atom. The van der Waals surface area contributed by atoms with Gasteiger partial charge in [0.25, 0.3) is 0 Å². The molecule has 4 aromatic rings. The van der Waals surface area contributed by atoms with Crippen molar-refractivity contribution in [3.63, 3.8) is 0 Å². The molecule has 1 aliphatic rings. The van der Waals surface area contributed by atoms with E-state index in [9.17, 15) is 0 Å². The predicted molar refractivity (Wildman–Crippen MR) is 104 cm³/mol. The summed E-state index contributed by atoms with van der Waals surface area (Å²) >= 11 is 0. The summed E-state index contributed by atoms with van der Waals surface area (Å²) in [5, 5.41) is 2.18. The standard InChI is InChI=1S/C22H17N3O/c1-14-23-21(15-8-3-2-4-9-15)25-22(24-14)18-12-7-11-17-16-10-5-6-13-19(16)26-20(17)18/h3,5-13H,2,4H2,1H3. The molecule has 2 aromatic carbocycles. The minimum absolute atomic E-state index is 0.650. The quantitative estimate of drug-likeness (QED) is 0.485. The first kappa shape index (κ1) is 15.0. The maximum atomic E-state index is 6.13. The largest absolute Gasteiger partial charge is 0.455 e. The highest BCUT2D eigenvalue weighted by Crippen LogP contribution is 2.34. The SMILES string of the molecule is Cc1nc(C2=CCCC=C2)nc(-c2cccc3c2oc2ccccc23)n1. The van der Waals surface area contributed by atoms with Crippen LogP contribution < -0.4 is 0 Å². The maximum Gasteiger partial charge on any atom is 0.167 e. The highest BCUT2D eigenvalue weighted by Gasteiger charge is 2.16. The van der Waals surface area contributed by atoms with E-state index in [-0.39, 0.29) is 0 Å². The number of benzene rings is 2. The van der Waals surface area contributed by atoms with E-state index >= 15 is 0 Å². The van der Waals surface area contributed by atoms with Crippen LogP contribution in [0.1, 0.15) is 24.5 Å². The molecule has 0 saturated heterocycles. The molecule has 0 spiro atoms. The lowest BCUT2D eigenvalue weighted by molar-refractivity contribution is 0.669. The van der Waals surface area contributed by atoms with Crippen molar-refractivity contribution in [3.8, 4) is 11.4 Å². The highest BCUT2D eigenvalue weighted by atomic mass is 16.3. The molecule has 0 atom stereocenters. The number of aryl methyl sites for hydroxylation is 1. The molecule has 4 nitrogen and oxygen atoms in total. The lowest BCUT2D eigenvalue weighted by atomic mass is 10.1. The fourth-order valence-electron chi connectivity index (χ4n) is 3.43. The zero-order chi connectivity index (χ0) is 17.5. The number of hydrogen-bond acceptors (Lipinski definition) is 4. The van der Waals surface area contributed by atoms with Crippen LogP contribution >= 0.6 is 0 Å². The number of rotatable bonds is 2. The Labute approximate surface area is 150 Å². The van der Waals surface area contributed by atoms with Gasteiger partial charge in [-0.25, -0.2) is 15.0 Å². The summed E-state index contributed by atoms with van der Waals surface area (Å²) in [6.45, 7) is 1.90. The van der Waals surface area contributed by atoms with Gasteiger partial charge in [0, 0.05) is 16.3 Å². The molecule has 26 heavy (non-hydrogen) atoms. The Bertz CT molecular complexity index is 1200. The minimum Gasteiger partial charge on any atom is -0.455 e. The predicted octanol–water partition coefficient (Wildman–Crippen LogP) is 5.48. The second kappa shape index (κ2) is 5.92. The number of nitrogens with zero attached hydrogens (tertiary/aromatic N) is 3. The summed E-state index contributed by atoms with van der Waals surface area (Å²) in [4.78, 5) is 13.9. The van der Waals surface area contributed by atoms with Gasteiger partial charge in [0.15, 0.2) is 11.6 Å². The van der Waals surface area contributed by atoms with Crippen molar-refractivity contribution in [2.45, 2.75) is 19.8 Å². The van der Waals surface area contributed by atoms with E-state index in [1.807, 2.05) is 37.3 Å². The Morgan fingerprint density at radius 2 is 1.69 bits per heavy atom. The van der Waals surface area contributed by atoms with Gasteiger partial charge in [-0.15, -0.1) is 0 Å². The molecule has 2 heterocycles. The summed E-state index contributed by atoms with van der Waals surface area (Å²) in [7, 11) is 0. The van der Waals surface area contributed by atoms with E-state index in [1.54, 1.807) is 0 Å². The zero-order valence-corrected chi connectivity index (χ0v) is 14.4. The van der Waals surface area contributed by atoms with Crippen molar-refractivity contribution in [1.29, 1.82) is 0 Å². The molecular formula is C22H17N3O. The molecule has 0 radical (unpaired) electrons. The molecular weight excluding hydrogens is 322 g/mol. The first-order chi connectivity index (χ1) is 12.8. The number of aromatic nitrogens is 3. The van der Waals surface area contributed by atoms with Gasteiger partial charge in [0.05, 0.1) is 5.56 Å². The van der Waals surface area contributed by atoms with Crippen molar-refractivity contribution in [3.05, 3.63) is 72.3 Å². The Morgan fingerprint density at radius 3 is 2.58 bits per heavy atom. The van der Waals surface area contributed by atoms with Gasteiger partial charge < -0.3 is 4.42 Å². The van der Waals surface area contributed by atoms with E-state index in [2.05, 4.69) is 40.3 Å². The average molecular weight is 339 g/mol. The van der Waals surface area contributed by atoms with Crippen LogP contribution in [0.4, 0.5) is 0 Å². The molecule has 0 fully saturated rings. The van der Waals surface area contributed by atoms with E-state index in [0.717, 1.165) is 51.7 Å². The third-order valence-electron chi connectivity index (χ3n) is 4.65. The van der Waals surface area contributed by atoms with E-state index in [0.29, 0.717) is 11.6 Å². The molecule has 0 unspecified atom stereocenters. The van der Waals surface area contributed by atoms with Gasteiger partial charge in [-0.2, -0.15) is 0 Å². The van der Waals surface area contributed by atoms with Gasteiger partial charge in [-0.3, -0.25) is 0 Å². The molecule has 0 N–H and O–H groups in total. The smallest absolute Gasteiger partial charge is 0.167 e. The topological polar surface area (TPSA) is 51.8 Å². The van der Waals surface area contributed by atoms with Crippen LogP contribution in [0, 0.1) is 6.92 Å². The van der Waals surface area contributed by atoms with E-state index < -0.39 is 0 Å². The van der Waals surface area contributed by atoms with E-state index in [4.69, 9.17) is 9.40 Å². The molecule has 2 aromatic heterocycles. The summed E-state index contributed by atoms with van der Waals surface area (Å²) < 4.78 is 6.13. The highest BCUT2D eigenvalue weighted by molar-refractivity contribution is 6.09. The van der Waals surface area contributed by atoms with Crippen LogP contribution in [0.25, 0.3) is 38.9 Å². The number of furan rings is 1. The Balaban J connectivity index is 1.74. The molecule has 0 aliphatic heterocycles. The van der Waals surface area contributed by atoms with Crippen molar-refractivity contribution in [2.24, 2.45) is 0 Å². The number of fused-ring (bicyclic) bond motifs is 3. The van der Waals surface area contributed by atoms with Crippen molar-refractivity contribution >= 4 is 27.5 Å². The van der Waals surface area contributed by atoms with Crippen LogP contribution in [0.2, 0.25) is 0 Å². The molecule has 126 valence electrons. The van der Waals surface area contributed by atoms with Crippen LogP contribution in [0.5, 0.6) is 0 Å². The van der Waals surface area contributed by atoms with Crippen LogP contribution in [-0.4, -0.2) is 15.0 Å². The first-order valence-electron chi connectivity index (χ1n) is 8.80. The van der Waals surface area contributed by atoms with Crippen molar-refractivity contribution in [2.75, 3.05) is 0 Å². The summed E-state index contributed by atoms with van der Waals surface area (Å²) in [5.74, 6) is 2.08. The van der Waals surface area contributed by atoms with Gasteiger partial charge in [-0.1, -0.05) is 48.6 Å². The number of para-hydroxylation sites is 2. The van der Waals surface area contributed by atoms with Crippen LogP contribution in [0.15, 0.2) is 65.1 Å². The fraction of sp³-hybridized carbons (Fsp3) is 0.136. The molecule has 0 bridgehead atoms. The summed E-state index contributed by atoms with van der Waals surface area (Å²) in [5.41, 5.74) is 3.64. The normalized spacial score (nSPS) is 14.1. The Hall–Kier alpha value is -3.27. The van der Waals surface area contributed by atoms with Crippen LogP contribution in [0.3, 0.4) is 0 Å². The summed E-state index contributed by atoms with van der Waals surface area (Å²) in [6, 6.07) is 14.2. The van der Waals surface area contributed by atoms with Gasteiger partial charge in [0.2, 0.25) is 0 Å². The van der Waals surface area contributed by atoms with Gasteiger partial charge in [-0.05, 0) is 31.9 Å². The lowest BCUT2D eigenvalue weighted by Gasteiger charge is -2.08. The van der Waals surface area contributed by atoms with Crippen molar-refractivity contribution in [1.82, 2.24) is 15.0 Å². The first-order valence-corrected chi connectivity index (χ1v) is 8.80. The molecule has 1 aliphatic carbocycles. The zero-order valence-electron chi connectivity index (χ0n) is 14.4. The van der Waals surface area contributed by atoms with Gasteiger partial charge >= 0.3 is 0 Å². The second-order valence-corrected chi connectivity index (χ2v) is 6.45. The fourth-order valence-corrected chi connectivity index (χ4v) is 3.43. The van der Waals surface area contributed by atoms with Crippen molar-refractivity contribution < 1.29 is 4.42 Å². The second-order valence-electron chi connectivity index (χ2n) is 6.45. The molecule has 0 saturated carbocycles. The summed E-state index contributed by atoms with van der Waals surface area (Å²) in [6.07, 6.45) is 8.52. The maximum absolute atomic E-state index is 6.13. The lowest BCUT2D eigenvalue weighted by Crippen LogP contribution is -2.02. The monoisotopic (exact) mass is 339 g/mol. The van der Waals surface area contributed by atoms with E-state index in [1.165, 1.54) is 0 Å². The molecule has 5 rings (SSSR count). The average Bonchev–Trinajstić information content (AvgIpc) is 3.07. The van der Waals surface area contributed by atoms with Gasteiger partial charge in [0.1, 0.15) is 17.0 Å². The molecule has 0 amide bonds. The molecule has 4 heteroatoms. The number of allylic oxidation sites excluding steroid dienone is 4.